The van der Waals surface area contributed by atoms with Gasteiger partial charge in [-0.15, -0.1) is 0 Å². The number of benzene rings is 1. The van der Waals surface area contributed by atoms with E-state index in [1.807, 2.05) is 6.07 Å². The SMILES string of the molecule is CC(C)(C)[Si](C)(C)OC[C@H]1O[C@@H](n2cnc3c(NC(=O)c4ccccc4)ncnc32)[C@H](O[Si](C)(C)C(C)(C)C)[C@@H]1OCF. The van der Waals surface area contributed by atoms with Crippen LogP contribution in [0.3, 0.4) is 0 Å². The second-order valence-corrected chi connectivity index (χ2v) is 23.7. The van der Waals surface area contributed by atoms with Crippen LogP contribution >= 0.6 is 0 Å². The second kappa shape index (κ2) is 12.4. The Hall–Kier alpha value is -2.56. The number of rotatable bonds is 10. The lowest BCUT2D eigenvalue weighted by Gasteiger charge is -2.40. The molecule has 4 rings (SSSR count). The Kier molecular flexibility index (Phi) is 9.65. The summed E-state index contributed by atoms with van der Waals surface area (Å²) in [5.41, 5.74) is 1.33. The van der Waals surface area contributed by atoms with E-state index in [-0.39, 0.29) is 28.4 Å². The molecule has 1 N–H and O–H groups in total. The summed E-state index contributed by atoms with van der Waals surface area (Å²) in [6.45, 7) is 20.8. The van der Waals surface area contributed by atoms with Gasteiger partial charge in [-0.05, 0) is 48.4 Å². The molecule has 0 bridgehead atoms. The van der Waals surface area contributed by atoms with Crippen molar-refractivity contribution in [2.45, 2.75) is 102 Å². The highest BCUT2D eigenvalue weighted by Gasteiger charge is 2.52. The minimum absolute atomic E-state index is 0.0173. The lowest BCUT2D eigenvalue weighted by atomic mass is 10.1. The number of nitrogens with zero attached hydrogens (tertiary/aromatic N) is 4. The molecule has 1 fully saturated rings. The number of halogens is 1. The van der Waals surface area contributed by atoms with Crippen LogP contribution in [0.25, 0.3) is 11.2 Å². The van der Waals surface area contributed by atoms with E-state index in [4.69, 9.17) is 18.3 Å². The van der Waals surface area contributed by atoms with Crippen LogP contribution in [0.15, 0.2) is 43.0 Å². The van der Waals surface area contributed by atoms with E-state index in [1.54, 1.807) is 35.2 Å². The van der Waals surface area contributed by atoms with Crippen molar-refractivity contribution in [2.24, 2.45) is 0 Å². The highest BCUT2D eigenvalue weighted by Crippen LogP contribution is 2.44. The Morgan fingerprint density at radius 1 is 0.977 bits per heavy atom. The summed E-state index contributed by atoms with van der Waals surface area (Å²) in [6, 6.07) is 8.87. The summed E-state index contributed by atoms with van der Waals surface area (Å²) in [5.74, 6) is -0.0440. The summed E-state index contributed by atoms with van der Waals surface area (Å²) >= 11 is 0. The van der Waals surface area contributed by atoms with Gasteiger partial charge >= 0.3 is 0 Å². The number of nitrogens with one attached hydrogen (secondary N) is 1. The zero-order valence-corrected chi connectivity index (χ0v) is 29.0. The van der Waals surface area contributed by atoms with Crippen LogP contribution in [0, 0.1) is 0 Å². The number of aromatic nitrogens is 4. The molecule has 2 aromatic heterocycles. The molecule has 3 aromatic rings. The van der Waals surface area contributed by atoms with Gasteiger partial charge in [-0.1, -0.05) is 59.7 Å². The third kappa shape index (κ3) is 7.07. The van der Waals surface area contributed by atoms with Crippen molar-refractivity contribution >= 4 is 39.5 Å². The van der Waals surface area contributed by atoms with Gasteiger partial charge in [-0.25, -0.2) is 19.3 Å². The number of hydrogen-bond acceptors (Lipinski definition) is 8. The molecule has 1 aliphatic heterocycles. The topological polar surface area (TPSA) is 110 Å². The van der Waals surface area contributed by atoms with Crippen molar-refractivity contribution in [3.8, 4) is 0 Å². The fourth-order valence-corrected chi connectivity index (χ4v) is 6.69. The van der Waals surface area contributed by atoms with E-state index < -0.39 is 48.0 Å². The Morgan fingerprint density at radius 3 is 2.23 bits per heavy atom. The number of anilines is 1. The van der Waals surface area contributed by atoms with Gasteiger partial charge in [0.15, 0.2) is 46.7 Å². The van der Waals surface area contributed by atoms with Crippen molar-refractivity contribution in [1.29, 1.82) is 0 Å². The van der Waals surface area contributed by atoms with Crippen molar-refractivity contribution in [2.75, 3.05) is 18.8 Å². The highest BCUT2D eigenvalue weighted by molar-refractivity contribution is 6.74. The van der Waals surface area contributed by atoms with Gasteiger partial charge in [0.2, 0.25) is 0 Å². The Bertz CT molecular complexity index is 1410. The molecule has 0 saturated carbocycles. The molecule has 0 unspecified atom stereocenters. The van der Waals surface area contributed by atoms with Crippen LogP contribution < -0.4 is 5.32 Å². The summed E-state index contributed by atoms with van der Waals surface area (Å²) < 4.78 is 41.5. The van der Waals surface area contributed by atoms with Gasteiger partial charge in [0.1, 0.15) is 24.6 Å². The molecule has 1 amide bonds. The molecular formula is C30H46FN5O5Si2. The summed E-state index contributed by atoms with van der Waals surface area (Å²) in [6.07, 6.45) is 0.225. The van der Waals surface area contributed by atoms with E-state index >= 15 is 0 Å². The van der Waals surface area contributed by atoms with Crippen LogP contribution in [0.1, 0.15) is 58.1 Å². The smallest absolute Gasteiger partial charge is 0.256 e. The van der Waals surface area contributed by atoms with Gasteiger partial charge < -0.3 is 23.6 Å². The van der Waals surface area contributed by atoms with E-state index in [0.717, 1.165) is 0 Å². The molecule has 236 valence electrons. The lowest BCUT2D eigenvalue weighted by Crippen LogP contribution is -2.50. The van der Waals surface area contributed by atoms with Crippen molar-refractivity contribution in [3.05, 3.63) is 48.5 Å². The number of hydrogen-bond donors (Lipinski definition) is 1. The van der Waals surface area contributed by atoms with Crippen LogP contribution in [0.4, 0.5) is 10.2 Å². The van der Waals surface area contributed by atoms with E-state index in [0.29, 0.717) is 16.7 Å². The predicted octanol–water partition coefficient (Wildman–Crippen LogP) is 6.70. The fraction of sp³-hybridized carbons (Fsp3) is 0.600. The highest BCUT2D eigenvalue weighted by atomic mass is 28.4. The van der Waals surface area contributed by atoms with Crippen molar-refractivity contribution < 1.29 is 27.5 Å². The fourth-order valence-electron chi connectivity index (χ4n) is 4.39. The normalized spacial score (nSPS) is 21.8. The number of ether oxygens (including phenoxy) is 2. The van der Waals surface area contributed by atoms with Gasteiger partial charge in [0.25, 0.3) is 5.91 Å². The molecule has 10 nitrogen and oxygen atoms in total. The molecule has 13 heteroatoms. The molecule has 0 aliphatic carbocycles. The zero-order valence-electron chi connectivity index (χ0n) is 27.0. The summed E-state index contributed by atoms with van der Waals surface area (Å²) in [5, 5.41) is 2.70. The van der Waals surface area contributed by atoms with Crippen LogP contribution in [-0.4, -0.2) is 73.8 Å². The first kappa shape index (κ1) is 33.3. The Labute approximate surface area is 256 Å². The molecule has 1 saturated heterocycles. The molecule has 1 aromatic carbocycles. The number of alkyl halides is 1. The molecule has 0 spiro atoms. The van der Waals surface area contributed by atoms with E-state index in [2.05, 4.69) is 88.0 Å². The van der Waals surface area contributed by atoms with Gasteiger partial charge in [-0.3, -0.25) is 9.36 Å². The zero-order chi connectivity index (χ0) is 31.8. The molecule has 4 atom stereocenters. The first-order valence-electron chi connectivity index (χ1n) is 14.7. The third-order valence-corrected chi connectivity index (χ3v) is 18.1. The minimum atomic E-state index is -2.39. The largest absolute Gasteiger partial charge is 0.414 e. The Balaban J connectivity index is 1.72. The Morgan fingerprint density at radius 2 is 1.63 bits per heavy atom. The third-order valence-electron chi connectivity index (χ3n) is 9.09. The molecule has 3 heterocycles. The summed E-state index contributed by atoms with van der Waals surface area (Å²) in [7, 11) is -4.54. The average molecular weight is 632 g/mol. The number of carbonyl (C=O) groups excluding carboxylic acids is 1. The summed E-state index contributed by atoms with van der Waals surface area (Å²) in [4.78, 5) is 26.2. The monoisotopic (exact) mass is 631 g/mol. The standard InChI is InChI=1S/C30H46FN5O5Si2/c1-29(2,3)42(7,8)39-16-21-23(38-17-31)24(41-43(9,10)30(4,5)6)28(40-21)36-19-34-22-25(32-18-33-26(22)36)35-27(37)20-14-12-11-13-15-20/h11-15,18-19,21,23-24,28H,16-17H2,1-10H3,(H,32,33,35,37)/t21-,23-,24-,28-/m1/s1. The maximum absolute atomic E-state index is 13.9. The molecule has 1 aliphatic rings. The first-order chi connectivity index (χ1) is 20.0. The predicted molar refractivity (Wildman–Crippen MR) is 170 cm³/mol. The number of imidazole rings is 1. The lowest BCUT2D eigenvalue weighted by molar-refractivity contribution is -0.0794. The minimum Gasteiger partial charge on any atom is -0.414 e. The number of amides is 1. The van der Waals surface area contributed by atoms with Gasteiger partial charge in [0, 0.05) is 5.56 Å². The molecule has 43 heavy (non-hydrogen) atoms. The van der Waals surface area contributed by atoms with E-state index in [1.165, 1.54) is 6.33 Å². The quantitative estimate of drug-likeness (QED) is 0.246. The average Bonchev–Trinajstić information content (AvgIpc) is 3.49. The maximum atomic E-state index is 13.9. The van der Waals surface area contributed by atoms with Crippen LogP contribution in [0.5, 0.6) is 0 Å². The van der Waals surface area contributed by atoms with Crippen molar-refractivity contribution in [3.63, 3.8) is 0 Å². The van der Waals surface area contributed by atoms with Crippen LogP contribution in [-0.2, 0) is 18.3 Å². The van der Waals surface area contributed by atoms with Crippen LogP contribution in [0.2, 0.25) is 36.3 Å². The molecule has 0 radical (unpaired) electrons. The van der Waals surface area contributed by atoms with Crippen molar-refractivity contribution in [1.82, 2.24) is 19.5 Å². The van der Waals surface area contributed by atoms with Gasteiger partial charge in [0.05, 0.1) is 12.9 Å². The second-order valence-electron chi connectivity index (χ2n) is 14.1. The number of carbonyl (C=O) groups is 1. The first-order valence-corrected chi connectivity index (χ1v) is 20.5. The number of fused-ring (bicyclic) bond motifs is 1. The van der Waals surface area contributed by atoms with Gasteiger partial charge in [-0.2, -0.15) is 0 Å². The van der Waals surface area contributed by atoms with E-state index in [9.17, 15) is 9.18 Å². The maximum Gasteiger partial charge on any atom is 0.256 e. The molecular weight excluding hydrogens is 586 g/mol.